The van der Waals surface area contributed by atoms with Crippen LogP contribution >= 0.6 is 0 Å². The minimum atomic E-state index is -0.349. The lowest BCUT2D eigenvalue weighted by atomic mass is 10.1. The quantitative estimate of drug-likeness (QED) is 0.250. The summed E-state index contributed by atoms with van der Waals surface area (Å²) < 4.78 is 0. The van der Waals surface area contributed by atoms with Crippen LogP contribution in [0.15, 0.2) is 12.2 Å². The van der Waals surface area contributed by atoms with Crippen molar-refractivity contribution in [1.29, 1.82) is 0 Å². The van der Waals surface area contributed by atoms with Gasteiger partial charge in [-0.15, -0.1) is 6.42 Å². The van der Waals surface area contributed by atoms with Crippen molar-refractivity contribution in [3.63, 3.8) is 0 Å². The molecule has 0 aromatic carbocycles. The molecule has 0 spiro atoms. The molecule has 0 unspecified atom stereocenters. The monoisotopic (exact) mass is 348 g/mol. The van der Waals surface area contributed by atoms with E-state index in [0.717, 1.165) is 12.8 Å². The Bertz CT molecular complexity index is 411. The number of unbranched alkanes of at least 4 members (excludes halogenated alkanes) is 11. The average molecular weight is 349 g/mol. The van der Waals surface area contributed by atoms with Crippen LogP contribution in [0.1, 0.15) is 84.0 Å². The molecule has 25 heavy (non-hydrogen) atoms. The lowest BCUT2D eigenvalue weighted by molar-refractivity contribution is -0.118. The Balaban J connectivity index is 3.32. The summed E-state index contributed by atoms with van der Waals surface area (Å²) in [5.41, 5.74) is 0. The molecule has 0 saturated heterocycles. The number of terminal acetylenes is 1. The van der Waals surface area contributed by atoms with Gasteiger partial charge in [0, 0.05) is 18.7 Å². The molecule has 0 aromatic heterocycles. The highest BCUT2D eigenvalue weighted by Gasteiger charge is 1.98. The Labute approximate surface area is 154 Å². The fourth-order valence-corrected chi connectivity index (χ4v) is 2.58. The SMILES string of the molecule is C#CCNC(=O)/C=C\C(=O)NCCCCCCCCCCCCCC. The molecule has 0 radical (unpaired) electrons. The topological polar surface area (TPSA) is 58.2 Å². The number of hydrogen-bond acceptors (Lipinski definition) is 2. The fourth-order valence-electron chi connectivity index (χ4n) is 2.58. The van der Waals surface area contributed by atoms with Crippen molar-refractivity contribution in [2.45, 2.75) is 84.0 Å². The molecule has 0 aliphatic heterocycles. The molecule has 0 aliphatic carbocycles. The highest BCUT2D eigenvalue weighted by molar-refractivity contribution is 5.96. The first kappa shape index (κ1) is 23.2. The summed E-state index contributed by atoms with van der Waals surface area (Å²) in [6, 6.07) is 0. The first-order valence-corrected chi connectivity index (χ1v) is 9.88. The van der Waals surface area contributed by atoms with Gasteiger partial charge in [-0.3, -0.25) is 9.59 Å². The molecule has 0 aromatic rings. The van der Waals surface area contributed by atoms with Gasteiger partial charge >= 0.3 is 0 Å². The lowest BCUT2D eigenvalue weighted by Gasteiger charge is -2.04. The Morgan fingerprint density at radius 1 is 0.760 bits per heavy atom. The van der Waals surface area contributed by atoms with E-state index in [-0.39, 0.29) is 18.4 Å². The van der Waals surface area contributed by atoms with Crippen molar-refractivity contribution in [2.24, 2.45) is 0 Å². The molecule has 0 bridgehead atoms. The standard InChI is InChI=1S/C21H36N2O2/c1-3-5-6-7-8-9-10-11-12-13-14-15-19-23-21(25)17-16-20(24)22-18-4-2/h2,16-17H,3,5-15,18-19H2,1H3,(H,22,24)(H,23,25)/b17-16-. The van der Waals surface area contributed by atoms with E-state index in [2.05, 4.69) is 23.5 Å². The molecule has 4 nitrogen and oxygen atoms in total. The first-order chi connectivity index (χ1) is 12.2. The van der Waals surface area contributed by atoms with Gasteiger partial charge in [-0.2, -0.15) is 0 Å². The van der Waals surface area contributed by atoms with Gasteiger partial charge in [0.2, 0.25) is 11.8 Å². The van der Waals surface area contributed by atoms with Crippen molar-refractivity contribution in [3.8, 4) is 12.3 Å². The van der Waals surface area contributed by atoms with Gasteiger partial charge in [0.1, 0.15) is 0 Å². The largest absolute Gasteiger partial charge is 0.353 e. The molecule has 2 N–H and O–H groups in total. The van der Waals surface area contributed by atoms with E-state index in [1.165, 1.54) is 76.4 Å². The predicted molar refractivity (Wildman–Crippen MR) is 105 cm³/mol. The van der Waals surface area contributed by atoms with E-state index >= 15 is 0 Å². The number of nitrogens with one attached hydrogen (secondary N) is 2. The van der Waals surface area contributed by atoms with Crippen LogP contribution in [0.5, 0.6) is 0 Å². The van der Waals surface area contributed by atoms with Crippen LogP contribution in [0.3, 0.4) is 0 Å². The highest BCUT2D eigenvalue weighted by Crippen LogP contribution is 2.11. The Hall–Kier alpha value is -1.76. The summed E-state index contributed by atoms with van der Waals surface area (Å²) in [6.07, 6.45) is 23.1. The second kappa shape index (κ2) is 18.6. The number of hydrogen-bond donors (Lipinski definition) is 2. The first-order valence-electron chi connectivity index (χ1n) is 9.88. The molecule has 0 fully saturated rings. The zero-order chi connectivity index (χ0) is 18.6. The Morgan fingerprint density at radius 3 is 1.68 bits per heavy atom. The fraction of sp³-hybridized carbons (Fsp3) is 0.714. The van der Waals surface area contributed by atoms with E-state index < -0.39 is 0 Å². The number of rotatable bonds is 16. The maximum atomic E-state index is 11.5. The molecule has 0 saturated carbocycles. The lowest BCUT2D eigenvalue weighted by Crippen LogP contribution is -2.24. The minimum absolute atomic E-state index is 0.170. The van der Waals surface area contributed by atoms with Gasteiger partial charge < -0.3 is 10.6 Å². The van der Waals surface area contributed by atoms with E-state index in [1.807, 2.05) is 0 Å². The van der Waals surface area contributed by atoms with E-state index in [4.69, 9.17) is 6.42 Å². The molecule has 2 amide bonds. The molecule has 142 valence electrons. The third kappa shape index (κ3) is 18.4. The molecule has 0 aliphatic rings. The maximum absolute atomic E-state index is 11.5. The average Bonchev–Trinajstić information content (AvgIpc) is 2.62. The Morgan fingerprint density at radius 2 is 1.20 bits per heavy atom. The summed E-state index contributed by atoms with van der Waals surface area (Å²) in [5.74, 6) is 1.71. The minimum Gasteiger partial charge on any atom is -0.353 e. The summed E-state index contributed by atoms with van der Waals surface area (Å²) in [4.78, 5) is 22.7. The van der Waals surface area contributed by atoms with Crippen LogP contribution in [-0.2, 0) is 9.59 Å². The van der Waals surface area contributed by atoms with Crippen LogP contribution in [0.4, 0.5) is 0 Å². The van der Waals surface area contributed by atoms with Crippen molar-refractivity contribution in [1.82, 2.24) is 10.6 Å². The van der Waals surface area contributed by atoms with Gasteiger partial charge in [-0.25, -0.2) is 0 Å². The molecule has 0 rings (SSSR count). The van der Waals surface area contributed by atoms with Gasteiger partial charge in [0.05, 0.1) is 6.54 Å². The third-order valence-electron chi connectivity index (χ3n) is 4.08. The van der Waals surface area contributed by atoms with Crippen molar-refractivity contribution >= 4 is 11.8 Å². The van der Waals surface area contributed by atoms with Gasteiger partial charge in [-0.1, -0.05) is 83.5 Å². The summed E-state index contributed by atoms with van der Waals surface area (Å²) >= 11 is 0. The molecule has 0 atom stereocenters. The van der Waals surface area contributed by atoms with Crippen LogP contribution in [0, 0.1) is 12.3 Å². The van der Waals surface area contributed by atoms with E-state index in [9.17, 15) is 9.59 Å². The molecule has 4 heteroatoms. The molecular weight excluding hydrogens is 312 g/mol. The second-order valence-corrected chi connectivity index (χ2v) is 6.44. The predicted octanol–water partition coefficient (Wildman–Crippen LogP) is 4.11. The number of carbonyl (C=O) groups is 2. The summed E-state index contributed by atoms with van der Waals surface area (Å²) in [7, 11) is 0. The van der Waals surface area contributed by atoms with Gasteiger partial charge in [0.15, 0.2) is 0 Å². The van der Waals surface area contributed by atoms with E-state index in [0.29, 0.717) is 6.54 Å². The molecule has 0 heterocycles. The smallest absolute Gasteiger partial charge is 0.244 e. The summed E-state index contributed by atoms with van der Waals surface area (Å²) in [5, 5.41) is 5.25. The zero-order valence-corrected chi connectivity index (χ0v) is 15.9. The molecular formula is C21H36N2O2. The van der Waals surface area contributed by atoms with Crippen LogP contribution in [0.25, 0.3) is 0 Å². The number of amides is 2. The Kier molecular flexibility index (Phi) is 17.3. The maximum Gasteiger partial charge on any atom is 0.244 e. The van der Waals surface area contributed by atoms with Crippen LogP contribution in [0.2, 0.25) is 0 Å². The van der Waals surface area contributed by atoms with Crippen LogP contribution in [-0.4, -0.2) is 24.9 Å². The van der Waals surface area contributed by atoms with Crippen molar-refractivity contribution in [3.05, 3.63) is 12.2 Å². The van der Waals surface area contributed by atoms with E-state index in [1.54, 1.807) is 0 Å². The highest BCUT2D eigenvalue weighted by atomic mass is 16.2. The number of carbonyl (C=O) groups excluding carboxylic acids is 2. The van der Waals surface area contributed by atoms with Crippen LogP contribution < -0.4 is 10.6 Å². The second-order valence-electron chi connectivity index (χ2n) is 6.44. The van der Waals surface area contributed by atoms with Crippen molar-refractivity contribution < 1.29 is 9.59 Å². The van der Waals surface area contributed by atoms with Crippen molar-refractivity contribution in [2.75, 3.05) is 13.1 Å². The normalized spacial score (nSPS) is 10.6. The summed E-state index contributed by atoms with van der Waals surface area (Å²) in [6.45, 7) is 3.08. The third-order valence-corrected chi connectivity index (χ3v) is 4.08. The van der Waals surface area contributed by atoms with Gasteiger partial charge in [-0.05, 0) is 6.42 Å². The zero-order valence-electron chi connectivity index (χ0n) is 15.9. The van der Waals surface area contributed by atoms with Gasteiger partial charge in [0.25, 0.3) is 0 Å².